The molecule has 1 atom stereocenters. The summed E-state index contributed by atoms with van der Waals surface area (Å²) in [6, 6.07) is 11.9. The second-order valence-corrected chi connectivity index (χ2v) is 5.47. The summed E-state index contributed by atoms with van der Waals surface area (Å²) in [5.74, 6) is 0.416. The van der Waals surface area contributed by atoms with Crippen molar-refractivity contribution in [2.45, 2.75) is 13.0 Å². The number of para-hydroxylation sites is 3. The van der Waals surface area contributed by atoms with Crippen LogP contribution in [0.2, 0.25) is 10.0 Å². The number of halogens is 2. The molecule has 0 unspecified atom stereocenters. The number of amides is 1. The summed E-state index contributed by atoms with van der Waals surface area (Å²) in [5.41, 5.74) is 1.14. The maximum atomic E-state index is 12.3. The topological polar surface area (TPSA) is 50.4 Å². The molecule has 0 spiro atoms. The van der Waals surface area contributed by atoms with Crippen molar-refractivity contribution in [3.05, 3.63) is 52.5 Å². The molecule has 2 rings (SSSR count). The number of hydrogen-bond donors (Lipinski definition) is 2. The van der Waals surface area contributed by atoms with Gasteiger partial charge < -0.3 is 15.4 Å². The number of carbonyl (C=O) groups is 1. The minimum atomic E-state index is -0.497. The quantitative estimate of drug-likeness (QED) is 0.847. The summed E-state index contributed by atoms with van der Waals surface area (Å²) < 4.78 is 5.25. The summed E-state index contributed by atoms with van der Waals surface area (Å²) in [5, 5.41) is 6.61. The van der Waals surface area contributed by atoms with E-state index in [1.807, 2.05) is 24.3 Å². The lowest BCUT2D eigenvalue weighted by atomic mass is 10.2. The SMILES string of the molecule is COc1ccccc1N[C@H](C)C(=O)Nc1c(Cl)cccc1Cl. The average molecular weight is 339 g/mol. The lowest BCUT2D eigenvalue weighted by Gasteiger charge is -2.18. The highest BCUT2D eigenvalue weighted by Crippen LogP contribution is 2.30. The Hall–Kier alpha value is -1.91. The van der Waals surface area contributed by atoms with Gasteiger partial charge >= 0.3 is 0 Å². The maximum absolute atomic E-state index is 12.3. The van der Waals surface area contributed by atoms with Crippen molar-refractivity contribution in [2.24, 2.45) is 0 Å². The third-order valence-electron chi connectivity index (χ3n) is 3.08. The van der Waals surface area contributed by atoms with E-state index in [4.69, 9.17) is 27.9 Å². The van der Waals surface area contributed by atoms with Crippen molar-refractivity contribution in [1.29, 1.82) is 0 Å². The number of benzene rings is 2. The van der Waals surface area contributed by atoms with Gasteiger partial charge in [0.2, 0.25) is 5.91 Å². The van der Waals surface area contributed by atoms with Crippen molar-refractivity contribution >= 4 is 40.5 Å². The Kier molecular flexibility index (Phi) is 5.52. The molecule has 0 saturated carbocycles. The van der Waals surface area contributed by atoms with Gasteiger partial charge in [0.15, 0.2) is 0 Å². The predicted molar refractivity (Wildman–Crippen MR) is 91.2 cm³/mol. The summed E-state index contributed by atoms with van der Waals surface area (Å²) in [7, 11) is 1.58. The smallest absolute Gasteiger partial charge is 0.246 e. The summed E-state index contributed by atoms with van der Waals surface area (Å²) in [6.07, 6.45) is 0. The molecule has 0 aliphatic heterocycles. The number of rotatable bonds is 5. The molecule has 0 fully saturated rings. The van der Waals surface area contributed by atoms with E-state index in [0.717, 1.165) is 5.69 Å². The molecule has 0 radical (unpaired) electrons. The zero-order valence-corrected chi connectivity index (χ0v) is 13.7. The third kappa shape index (κ3) is 3.84. The fourth-order valence-electron chi connectivity index (χ4n) is 1.91. The van der Waals surface area contributed by atoms with Crippen molar-refractivity contribution in [1.82, 2.24) is 0 Å². The van der Waals surface area contributed by atoms with Crippen LogP contribution in [0.15, 0.2) is 42.5 Å². The van der Waals surface area contributed by atoms with E-state index in [1.54, 1.807) is 32.2 Å². The maximum Gasteiger partial charge on any atom is 0.246 e. The Morgan fingerprint density at radius 1 is 1.09 bits per heavy atom. The molecule has 22 heavy (non-hydrogen) atoms. The Bertz CT molecular complexity index is 657. The van der Waals surface area contributed by atoms with Crippen molar-refractivity contribution in [2.75, 3.05) is 17.7 Å². The lowest BCUT2D eigenvalue weighted by molar-refractivity contribution is -0.116. The van der Waals surface area contributed by atoms with Gasteiger partial charge in [0.1, 0.15) is 11.8 Å². The fraction of sp³-hybridized carbons (Fsp3) is 0.188. The highest BCUT2D eigenvalue weighted by Gasteiger charge is 2.17. The number of methoxy groups -OCH3 is 1. The Labute approximate surface area is 139 Å². The summed E-state index contributed by atoms with van der Waals surface area (Å²) >= 11 is 12.1. The molecule has 1 amide bonds. The number of ether oxygens (including phenoxy) is 1. The van der Waals surface area contributed by atoms with E-state index >= 15 is 0 Å². The molecule has 2 N–H and O–H groups in total. The molecular weight excluding hydrogens is 323 g/mol. The second-order valence-electron chi connectivity index (χ2n) is 4.65. The molecule has 0 aliphatic carbocycles. The normalized spacial score (nSPS) is 11.6. The molecule has 0 bridgehead atoms. The van der Waals surface area contributed by atoms with Crippen LogP contribution in [-0.2, 0) is 4.79 Å². The fourth-order valence-corrected chi connectivity index (χ4v) is 2.40. The molecule has 2 aromatic carbocycles. The van der Waals surface area contributed by atoms with Crippen molar-refractivity contribution < 1.29 is 9.53 Å². The van der Waals surface area contributed by atoms with Gasteiger partial charge in [0.25, 0.3) is 0 Å². The Morgan fingerprint density at radius 2 is 1.73 bits per heavy atom. The number of nitrogens with one attached hydrogen (secondary N) is 2. The zero-order valence-electron chi connectivity index (χ0n) is 12.2. The number of anilines is 2. The van der Waals surface area contributed by atoms with Crippen LogP contribution >= 0.6 is 23.2 Å². The van der Waals surface area contributed by atoms with E-state index in [0.29, 0.717) is 21.5 Å². The third-order valence-corrected chi connectivity index (χ3v) is 3.71. The van der Waals surface area contributed by atoms with Gasteiger partial charge in [0.05, 0.1) is 28.5 Å². The van der Waals surface area contributed by atoms with Crippen LogP contribution in [0, 0.1) is 0 Å². The van der Waals surface area contributed by atoms with E-state index in [-0.39, 0.29) is 5.91 Å². The van der Waals surface area contributed by atoms with Crippen LogP contribution in [0.5, 0.6) is 5.75 Å². The van der Waals surface area contributed by atoms with Crippen LogP contribution in [0.1, 0.15) is 6.92 Å². The molecule has 6 heteroatoms. The van der Waals surface area contributed by atoms with Gasteiger partial charge in [-0.1, -0.05) is 41.4 Å². The highest BCUT2D eigenvalue weighted by atomic mass is 35.5. The predicted octanol–water partition coefficient (Wildman–Crippen LogP) is 4.44. The molecule has 0 saturated heterocycles. The van der Waals surface area contributed by atoms with Crippen molar-refractivity contribution in [3.8, 4) is 5.75 Å². The van der Waals surface area contributed by atoms with Gasteiger partial charge in [-0.25, -0.2) is 0 Å². The molecule has 0 aliphatic rings. The van der Waals surface area contributed by atoms with E-state index < -0.39 is 6.04 Å². The van der Waals surface area contributed by atoms with E-state index in [1.165, 1.54) is 0 Å². The molecule has 2 aromatic rings. The first-order valence-electron chi connectivity index (χ1n) is 6.67. The summed E-state index contributed by atoms with van der Waals surface area (Å²) in [6.45, 7) is 1.74. The van der Waals surface area contributed by atoms with Gasteiger partial charge in [0, 0.05) is 0 Å². The van der Waals surface area contributed by atoms with Gasteiger partial charge in [-0.15, -0.1) is 0 Å². The second kappa shape index (κ2) is 7.38. The minimum absolute atomic E-state index is 0.249. The molecule has 4 nitrogen and oxygen atoms in total. The largest absolute Gasteiger partial charge is 0.495 e. The standard InChI is InChI=1S/C16H16Cl2N2O2/c1-10(19-13-8-3-4-9-14(13)22-2)16(21)20-15-11(17)6-5-7-12(15)18/h3-10,19H,1-2H3,(H,20,21)/t10-/m1/s1. The zero-order chi connectivity index (χ0) is 16.1. The van der Waals surface area contributed by atoms with Crippen LogP contribution < -0.4 is 15.4 Å². The molecule has 0 heterocycles. The number of hydrogen-bond acceptors (Lipinski definition) is 3. The molecule has 116 valence electrons. The van der Waals surface area contributed by atoms with Gasteiger partial charge in [-0.05, 0) is 31.2 Å². The van der Waals surface area contributed by atoms with Crippen molar-refractivity contribution in [3.63, 3.8) is 0 Å². The minimum Gasteiger partial charge on any atom is -0.495 e. The van der Waals surface area contributed by atoms with Crippen LogP contribution in [0.25, 0.3) is 0 Å². The van der Waals surface area contributed by atoms with Gasteiger partial charge in [-0.3, -0.25) is 4.79 Å². The first-order chi connectivity index (χ1) is 10.5. The number of carbonyl (C=O) groups excluding carboxylic acids is 1. The lowest BCUT2D eigenvalue weighted by Crippen LogP contribution is -2.32. The molecular formula is C16H16Cl2N2O2. The van der Waals surface area contributed by atoms with E-state index in [9.17, 15) is 4.79 Å². The Morgan fingerprint density at radius 3 is 2.36 bits per heavy atom. The monoisotopic (exact) mass is 338 g/mol. The van der Waals surface area contributed by atoms with Crippen LogP contribution in [0.4, 0.5) is 11.4 Å². The van der Waals surface area contributed by atoms with E-state index in [2.05, 4.69) is 10.6 Å². The van der Waals surface area contributed by atoms with Crippen LogP contribution in [0.3, 0.4) is 0 Å². The highest BCUT2D eigenvalue weighted by molar-refractivity contribution is 6.39. The molecule has 0 aromatic heterocycles. The summed E-state index contributed by atoms with van der Waals surface area (Å²) in [4.78, 5) is 12.3. The first-order valence-corrected chi connectivity index (χ1v) is 7.43. The van der Waals surface area contributed by atoms with Crippen LogP contribution in [-0.4, -0.2) is 19.1 Å². The first kappa shape index (κ1) is 16.5. The van der Waals surface area contributed by atoms with Gasteiger partial charge in [-0.2, -0.15) is 0 Å². The Balaban J connectivity index is 2.10. The average Bonchev–Trinajstić information content (AvgIpc) is 2.51.